The van der Waals surface area contributed by atoms with Crippen LogP contribution in [0.5, 0.6) is 5.75 Å². The van der Waals surface area contributed by atoms with Crippen LogP contribution in [0, 0.1) is 5.82 Å². The van der Waals surface area contributed by atoms with Crippen LogP contribution in [0.4, 0.5) is 4.39 Å². The number of thiazole rings is 1. The fourth-order valence-corrected chi connectivity index (χ4v) is 3.60. The third-order valence-electron chi connectivity index (χ3n) is 3.35. The number of H-pyrrole nitrogens is 1. The fourth-order valence-electron chi connectivity index (χ4n) is 2.13. The lowest BCUT2D eigenvalue weighted by atomic mass is 10.3. The molecular formula is C17H13FN4O2S2. The Balaban J connectivity index is 1.30. The van der Waals surface area contributed by atoms with Gasteiger partial charge >= 0.3 is 0 Å². The molecule has 0 fully saturated rings. The van der Waals surface area contributed by atoms with Gasteiger partial charge < -0.3 is 14.1 Å². The smallest absolute Gasteiger partial charge is 0.277 e. The molecule has 0 amide bonds. The normalized spacial score (nSPS) is 11.0. The molecule has 1 N–H and O–H groups in total. The lowest BCUT2D eigenvalue weighted by molar-refractivity contribution is 0.305. The maximum absolute atomic E-state index is 12.9. The van der Waals surface area contributed by atoms with Gasteiger partial charge in [0.15, 0.2) is 0 Å². The summed E-state index contributed by atoms with van der Waals surface area (Å²) in [5, 5.41) is 11.3. The first-order valence-electron chi connectivity index (χ1n) is 7.68. The van der Waals surface area contributed by atoms with Crippen LogP contribution in [0.1, 0.15) is 10.7 Å². The SMILES string of the molecule is Fc1ccc(OCc2nc(CSc3nnc(-c4ccc[nH]4)o3)cs2)cc1. The number of nitrogens with one attached hydrogen (secondary N) is 1. The number of hydrogen-bond donors (Lipinski definition) is 1. The highest BCUT2D eigenvalue weighted by Crippen LogP contribution is 2.25. The monoisotopic (exact) mass is 388 g/mol. The molecule has 4 aromatic rings. The third-order valence-corrected chi connectivity index (χ3v) is 5.08. The van der Waals surface area contributed by atoms with Crippen molar-refractivity contribution >= 4 is 23.1 Å². The minimum Gasteiger partial charge on any atom is -0.486 e. The summed E-state index contributed by atoms with van der Waals surface area (Å²) in [5.41, 5.74) is 1.70. The summed E-state index contributed by atoms with van der Waals surface area (Å²) in [6, 6.07) is 9.66. The number of aromatic nitrogens is 4. The molecule has 0 saturated carbocycles. The molecule has 0 radical (unpaired) electrons. The molecule has 4 rings (SSSR count). The summed E-state index contributed by atoms with van der Waals surface area (Å²) >= 11 is 2.94. The number of benzene rings is 1. The molecule has 0 unspecified atom stereocenters. The van der Waals surface area contributed by atoms with Crippen molar-refractivity contribution < 1.29 is 13.5 Å². The molecule has 0 atom stereocenters. The fraction of sp³-hybridized carbons (Fsp3) is 0.118. The summed E-state index contributed by atoms with van der Waals surface area (Å²) in [6.45, 7) is 0.346. The van der Waals surface area contributed by atoms with E-state index in [1.165, 1.54) is 35.2 Å². The minimum atomic E-state index is -0.286. The maximum atomic E-state index is 12.9. The van der Waals surface area contributed by atoms with Crippen molar-refractivity contribution in [1.82, 2.24) is 20.2 Å². The second-order valence-corrected chi connectivity index (χ2v) is 7.09. The third kappa shape index (κ3) is 4.12. The van der Waals surface area contributed by atoms with Crippen molar-refractivity contribution in [2.24, 2.45) is 0 Å². The maximum Gasteiger partial charge on any atom is 0.277 e. The van der Waals surface area contributed by atoms with Crippen LogP contribution in [-0.2, 0) is 12.4 Å². The molecular weight excluding hydrogens is 375 g/mol. The highest BCUT2D eigenvalue weighted by Gasteiger charge is 2.11. The van der Waals surface area contributed by atoms with Crippen LogP contribution in [0.3, 0.4) is 0 Å². The summed E-state index contributed by atoms with van der Waals surface area (Å²) < 4.78 is 24.1. The zero-order chi connectivity index (χ0) is 17.8. The Morgan fingerprint density at radius 2 is 2.08 bits per heavy atom. The second kappa shape index (κ2) is 7.71. The number of thioether (sulfide) groups is 1. The Labute approximate surface area is 156 Å². The molecule has 0 bridgehead atoms. The minimum absolute atomic E-state index is 0.286. The molecule has 0 aliphatic heterocycles. The van der Waals surface area contributed by atoms with Gasteiger partial charge in [0.2, 0.25) is 0 Å². The number of rotatable bonds is 7. The number of aromatic amines is 1. The highest BCUT2D eigenvalue weighted by molar-refractivity contribution is 7.98. The van der Waals surface area contributed by atoms with Crippen LogP contribution in [-0.4, -0.2) is 20.2 Å². The number of hydrogen-bond acceptors (Lipinski definition) is 7. The number of ether oxygens (including phenoxy) is 1. The topological polar surface area (TPSA) is 76.8 Å². The standard InChI is InChI=1S/C17H13FN4O2S2/c18-11-3-5-13(6-4-11)23-8-15-20-12(9-25-15)10-26-17-22-21-16(24-17)14-2-1-7-19-14/h1-7,9,19H,8,10H2. The van der Waals surface area contributed by atoms with Crippen molar-refractivity contribution in [3.05, 3.63) is 64.5 Å². The quantitative estimate of drug-likeness (QED) is 0.469. The van der Waals surface area contributed by atoms with Crippen molar-refractivity contribution in [2.75, 3.05) is 0 Å². The lowest BCUT2D eigenvalue weighted by Crippen LogP contribution is -1.95. The van der Waals surface area contributed by atoms with E-state index in [0.29, 0.717) is 29.2 Å². The Morgan fingerprint density at radius 3 is 2.88 bits per heavy atom. The lowest BCUT2D eigenvalue weighted by Gasteiger charge is -2.03. The molecule has 9 heteroatoms. The van der Waals surface area contributed by atoms with Crippen molar-refractivity contribution in [3.8, 4) is 17.3 Å². The number of halogens is 1. The van der Waals surface area contributed by atoms with Gasteiger partial charge in [-0.15, -0.1) is 21.5 Å². The van der Waals surface area contributed by atoms with Crippen molar-refractivity contribution in [3.63, 3.8) is 0 Å². The van der Waals surface area contributed by atoms with Gasteiger partial charge in [0.25, 0.3) is 11.1 Å². The highest BCUT2D eigenvalue weighted by atomic mass is 32.2. The van der Waals surface area contributed by atoms with Crippen LogP contribution in [0.2, 0.25) is 0 Å². The van der Waals surface area contributed by atoms with Gasteiger partial charge in [-0.1, -0.05) is 11.8 Å². The van der Waals surface area contributed by atoms with Gasteiger partial charge in [-0.25, -0.2) is 9.37 Å². The molecule has 6 nitrogen and oxygen atoms in total. The first-order chi connectivity index (χ1) is 12.8. The zero-order valence-electron chi connectivity index (χ0n) is 13.4. The van der Waals surface area contributed by atoms with Crippen LogP contribution >= 0.6 is 23.1 Å². The van der Waals surface area contributed by atoms with Gasteiger partial charge in [0, 0.05) is 17.3 Å². The van der Waals surface area contributed by atoms with E-state index in [4.69, 9.17) is 9.15 Å². The van der Waals surface area contributed by atoms with E-state index < -0.39 is 0 Å². The van der Waals surface area contributed by atoms with Gasteiger partial charge in [-0.2, -0.15) is 0 Å². The molecule has 1 aromatic carbocycles. The molecule has 0 saturated heterocycles. The zero-order valence-corrected chi connectivity index (χ0v) is 15.0. The Morgan fingerprint density at radius 1 is 1.19 bits per heavy atom. The van der Waals surface area contributed by atoms with Gasteiger partial charge in [-0.05, 0) is 36.4 Å². The molecule has 0 aliphatic carbocycles. The van der Waals surface area contributed by atoms with Crippen molar-refractivity contribution in [1.29, 1.82) is 0 Å². The van der Waals surface area contributed by atoms with Crippen LogP contribution < -0.4 is 4.74 Å². The summed E-state index contributed by atoms with van der Waals surface area (Å²) in [4.78, 5) is 7.54. The first kappa shape index (κ1) is 16.8. The van der Waals surface area contributed by atoms with E-state index in [0.717, 1.165) is 16.4 Å². The van der Waals surface area contributed by atoms with Crippen molar-refractivity contribution in [2.45, 2.75) is 17.6 Å². The Bertz CT molecular complexity index is 967. The first-order valence-corrected chi connectivity index (χ1v) is 9.54. The van der Waals surface area contributed by atoms with Gasteiger partial charge in [-0.3, -0.25) is 0 Å². The van der Waals surface area contributed by atoms with E-state index >= 15 is 0 Å². The average Bonchev–Trinajstić information content (AvgIpc) is 3.40. The molecule has 26 heavy (non-hydrogen) atoms. The summed E-state index contributed by atoms with van der Waals surface area (Å²) in [7, 11) is 0. The van der Waals surface area contributed by atoms with E-state index in [9.17, 15) is 4.39 Å². The Hall–Kier alpha value is -2.65. The Kier molecular flexibility index (Phi) is 4.98. The van der Waals surface area contributed by atoms with Gasteiger partial charge in [0.05, 0.1) is 5.69 Å². The van der Waals surface area contributed by atoms with Crippen LogP contribution in [0.25, 0.3) is 11.6 Å². The molecule has 0 spiro atoms. The van der Waals surface area contributed by atoms with Gasteiger partial charge in [0.1, 0.15) is 28.9 Å². The molecule has 0 aliphatic rings. The predicted molar refractivity (Wildman–Crippen MR) is 96.5 cm³/mol. The number of nitrogens with zero attached hydrogens (tertiary/aromatic N) is 3. The van der Waals surface area contributed by atoms with E-state index in [1.54, 1.807) is 18.3 Å². The average molecular weight is 388 g/mol. The van der Waals surface area contributed by atoms with E-state index in [-0.39, 0.29) is 5.82 Å². The molecule has 3 heterocycles. The van der Waals surface area contributed by atoms with E-state index in [1.807, 2.05) is 17.5 Å². The second-order valence-electron chi connectivity index (χ2n) is 5.22. The summed E-state index contributed by atoms with van der Waals surface area (Å²) in [5.74, 6) is 1.41. The van der Waals surface area contributed by atoms with Crippen LogP contribution in [0.15, 0.2) is 57.6 Å². The molecule has 132 valence electrons. The molecule has 3 aromatic heterocycles. The predicted octanol–water partition coefficient (Wildman–Crippen LogP) is 4.53. The largest absolute Gasteiger partial charge is 0.486 e. The summed E-state index contributed by atoms with van der Waals surface area (Å²) in [6.07, 6.45) is 1.80. The van der Waals surface area contributed by atoms with E-state index in [2.05, 4.69) is 20.2 Å².